The van der Waals surface area contributed by atoms with E-state index in [2.05, 4.69) is 59.0 Å². The SMILES string of the molecule is Cc1ccc(C)c(CSc2nnc(NC(=O)C3(c4cccs4)CCCC3)s2)c1. The van der Waals surface area contributed by atoms with E-state index in [1.165, 1.54) is 28.0 Å². The number of nitrogens with zero attached hydrogens (tertiary/aromatic N) is 2. The number of hydrogen-bond acceptors (Lipinski definition) is 6. The van der Waals surface area contributed by atoms with Crippen molar-refractivity contribution in [3.05, 3.63) is 57.3 Å². The fourth-order valence-corrected chi connectivity index (χ4v) is 6.54. The van der Waals surface area contributed by atoms with E-state index in [0.717, 1.165) is 40.7 Å². The molecule has 1 aliphatic rings. The van der Waals surface area contributed by atoms with E-state index in [-0.39, 0.29) is 5.91 Å². The molecule has 0 radical (unpaired) electrons. The normalized spacial score (nSPS) is 15.6. The first kappa shape index (κ1) is 19.6. The number of benzene rings is 1. The summed E-state index contributed by atoms with van der Waals surface area (Å²) < 4.78 is 0.882. The van der Waals surface area contributed by atoms with Gasteiger partial charge in [0.1, 0.15) is 0 Å². The van der Waals surface area contributed by atoms with Crippen LogP contribution in [-0.4, -0.2) is 16.1 Å². The van der Waals surface area contributed by atoms with Gasteiger partial charge in [-0.3, -0.25) is 10.1 Å². The molecule has 4 nitrogen and oxygen atoms in total. The van der Waals surface area contributed by atoms with Crippen LogP contribution in [0.15, 0.2) is 40.1 Å². The van der Waals surface area contributed by atoms with Gasteiger partial charge in [-0.2, -0.15) is 0 Å². The van der Waals surface area contributed by atoms with Gasteiger partial charge in [-0.15, -0.1) is 21.5 Å². The van der Waals surface area contributed by atoms with Crippen molar-refractivity contribution in [3.63, 3.8) is 0 Å². The predicted molar refractivity (Wildman–Crippen MR) is 118 cm³/mol. The molecule has 1 aromatic carbocycles. The van der Waals surface area contributed by atoms with Crippen LogP contribution in [-0.2, 0) is 16.0 Å². The van der Waals surface area contributed by atoms with E-state index >= 15 is 0 Å². The first-order valence-electron chi connectivity index (χ1n) is 9.45. The van der Waals surface area contributed by atoms with E-state index in [1.54, 1.807) is 23.1 Å². The molecule has 1 saturated carbocycles. The summed E-state index contributed by atoms with van der Waals surface area (Å²) in [6, 6.07) is 10.6. The Hall–Kier alpha value is -1.70. The molecule has 146 valence electrons. The Morgan fingerprint density at radius 2 is 2.04 bits per heavy atom. The van der Waals surface area contributed by atoms with Gasteiger partial charge in [-0.25, -0.2) is 0 Å². The molecule has 28 heavy (non-hydrogen) atoms. The van der Waals surface area contributed by atoms with E-state index in [9.17, 15) is 4.79 Å². The van der Waals surface area contributed by atoms with Crippen LogP contribution in [0.2, 0.25) is 0 Å². The molecule has 0 atom stereocenters. The number of amides is 1. The number of rotatable bonds is 6. The Balaban J connectivity index is 1.43. The van der Waals surface area contributed by atoms with Crippen molar-refractivity contribution >= 4 is 45.5 Å². The molecule has 1 amide bonds. The summed E-state index contributed by atoms with van der Waals surface area (Å²) in [5.74, 6) is 0.921. The molecular formula is C21H23N3OS3. The van der Waals surface area contributed by atoms with Gasteiger partial charge < -0.3 is 0 Å². The molecule has 0 spiro atoms. The Kier molecular flexibility index (Phi) is 5.85. The summed E-state index contributed by atoms with van der Waals surface area (Å²) in [6.45, 7) is 4.24. The van der Waals surface area contributed by atoms with E-state index < -0.39 is 5.41 Å². The van der Waals surface area contributed by atoms with Crippen molar-refractivity contribution in [2.75, 3.05) is 5.32 Å². The number of anilines is 1. The average molecular weight is 430 g/mol. The maximum Gasteiger partial charge on any atom is 0.237 e. The summed E-state index contributed by atoms with van der Waals surface area (Å²) in [4.78, 5) is 14.3. The third-order valence-corrected chi connectivity index (χ3v) is 8.46. The van der Waals surface area contributed by atoms with E-state index in [4.69, 9.17) is 0 Å². The zero-order chi connectivity index (χ0) is 19.6. The van der Waals surface area contributed by atoms with E-state index in [0.29, 0.717) is 5.13 Å². The highest BCUT2D eigenvalue weighted by Crippen LogP contribution is 2.44. The fourth-order valence-electron chi connectivity index (χ4n) is 3.75. The lowest BCUT2D eigenvalue weighted by molar-refractivity contribution is -0.121. The molecule has 2 heterocycles. The highest BCUT2D eigenvalue weighted by Gasteiger charge is 2.43. The molecule has 0 aliphatic heterocycles. The molecule has 1 aliphatic carbocycles. The molecule has 7 heteroatoms. The summed E-state index contributed by atoms with van der Waals surface area (Å²) >= 11 is 4.80. The number of thioether (sulfide) groups is 1. The van der Waals surface area contributed by atoms with Gasteiger partial charge in [-0.1, -0.05) is 65.8 Å². The van der Waals surface area contributed by atoms with Crippen molar-refractivity contribution in [1.29, 1.82) is 0 Å². The Bertz CT molecular complexity index is 959. The summed E-state index contributed by atoms with van der Waals surface area (Å²) in [5.41, 5.74) is 3.47. The molecular weight excluding hydrogens is 406 g/mol. The molecule has 0 unspecified atom stereocenters. The maximum absolute atomic E-state index is 13.1. The average Bonchev–Trinajstić information content (AvgIpc) is 3.44. The van der Waals surface area contributed by atoms with Crippen LogP contribution in [0.5, 0.6) is 0 Å². The van der Waals surface area contributed by atoms with Crippen molar-refractivity contribution in [3.8, 4) is 0 Å². The minimum atomic E-state index is -0.397. The first-order chi connectivity index (χ1) is 13.6. The lowest BCUT2D eigenvalue weighted by atomic mass is 9.83. The van der Waals surface area contributed by atoms with Gasteiger partial charge in [0, 0.05) is 10.6 Å². The summed E-state index contributed by atoms with van der Waals surface area (Å²) in [7, 11) is 0. The number of aromatic nitrogens is 2. The highest BCUT2D eigenvalue weighted by molar-refractivity contribution is 8.00. The number of carbonyl (C=O) groups is 1. The minimum absolute atomic E-state index is 0.0645. The highest BCUT2D eigenvalue weighted by atomic mass is 32.2. The van der Waals surface area contributed by atoms with Crippen LogP contribution in [0, 0.1) is 13.8 Å². The molecule has 1 fully saturated rings. The molecule has 3 aromatic rings. The number of carbonyl (C=O) groups excluding carboxylic acids is 1. The molecule has 0 bridgehead atoms. The minimum Gasteiger partial charge on any atom is -0.300 e. The van der Waals surface area contributed by atoms with Gasteiger partial charge in [0.25, 0.3) is 0 Å². The second-order valence-corrected chi connectivity index (χ2v) is 10.5. The van der Waals surface area contributed by atoms with Crippen LogP contribution < -0.4 is 5.32 Å². The van der Waals surface area contributed by atoms with Crippen LogP contribution in [0.1, 0.15) is 47.3 Å². The number of thiophene rings is 1. The van der Waals surface area contributed by atoms with Gasteiger partial charge in [0.05, 0.1) is 5.41 Å². The molecule has 2 aromatic heterocycles. The lowest BCUT2D eigenvalue weighted by Crippen LogP contribution is -2.37. The maximum atomic E-state index is 13.1. The standard InChI is InChI=1S/C21H23N3OS3/c1-14-7-8-15(2)16(12-14)13-27-20-24-23-19(28-20)22-18(25)21(9-3-4-10-21)17-6-5-11-26-17/h5-8,11-12H,3-4,9-10,13H2,1-2H3,(H,22,23,25). The zero-order valence-corrected chi connectivity index (χ0v) is 18.5. The Morgan fingerprint density at radius 3 is 2.79 bits per heavy atom. The quantitative estimate of drug-likeness (QED) is 0.388. The predicted octanol–water partition coefficient (Wildman–Crippen LogP) is 5.96. The lowest BCUT2D eigenvalue weighted by Gasteiger charge is -2.25. The van der Waals surface area contributed by atoms with Crippen molar-refractivity contribution < 1.29 is 4.79 Å². The number of aryl methyl sites for hydroxylation is 2. The Morgan fingerprint density at radius 1 is 1.21 bits per heavy atom. The fraction of sp³-hybridized carbons (Fsp3) is 0.381. The zero-order valence-electron chi connectivity index (χ0n) is 16.0. The molecule has 1 N–H and O–H groups in total. The van der Waals surface area contributed by atoms with Gasteiger partial charge in [0.2, 0.25) is 11.0 Å². The van der Waals surface area contributed by atoms with Gasteiger partial charge in [-0.05, 0) is 49.3 Å². The van der Waals surface area contributed by atoms with Gasteiger partial charge >= 0.3 is 0 Å². The third kappa shape index (κ3) is 4.02. The molecule has 0 saturated heterocycles. The summed E-state index contributed by atoms with van der Waals surface area (Å²) in [5, 5.41) is 14.2. The van der Waals surface area contributed by atoms with Gasteiger partial charge in [0.15, 0.2) is 4.34 Å². The van der Waals surface area contributed by atoms with Crippen LogP contribution in [0.25, 0.3) is 0 Å². The van der Waals surface area contributed by atoms with Crippen LogP contribution in [0.3, 0.4) is 0 Å². The second kappa shape index (κ2) is 8.35. The van der Waals surface area contributed by atoms with Crippen molar-refractivity contribution in [1.82, 2.24) is 10.2 Å². The van der Waals surface area contributed by atoms with Crippen LogP contribution in [0.4, 0.5) is 5.13 Å². The number of nitrogens with one attached hydrogen (secondary N) is 1. The van der Waals surface area contributed by atoms with Crippen LogP contribution >= 0.6 is 34.4 Å². The second-order valence-electron chi connectivity index (χ2n) is 7.31. The van der Waals surface area contributed by atoms with Crippen molar-refractivity contribution in [2.24, 2.45) is 0 Å². The molecule has 4 rings (SSSR count). The largest absolute Gasteiger partial charge is 0.300 e. The smallest absolute Gasteiger partial charge is 0.237 e. The summed E-state index contributed by atoms with van der Waals surface area (Å²) in [6.07, 6.45) is 4.01. The van der Waals surface area contributed by atoms with E-state index in [1.807, 2.05) is 6.07 Å². The third-order valence-electron chi connectivity index (χ3n) is 5.37. The topological polar surface area (TPSA) is 54.9 Å². The Labute approximate surface area is 177 Å². The van der Waals surface area contributed by atoms with Crippen molar-refractivity contribution in [2.45, 2.75) is 55.0 Å². The first-order valence-corrected chi connectivity index (χ1v) is 12.1. The monoisotopic (exact) mass is 429 g/mol. The number of hydrogen-bond donors (Lipinski definition) is 1.